The van der Waals surface area contributed by atoms with Crippen LogP contribution in [0.2, 0.25) is 0 Å². The van der Waals surface area contributed by atoms with E-state index in [1.54, 1.807) is 25.1 Å². The third-order valence-corrected chi connectivity index (χ3v) is 7.22. The van der Waals surface area contributed by atoms with Crippen LogP contribution < -0.4 is 14.8 Å². The van der Waals surface area contributed by atoms with Gasteiger partial charge < -0.3 is 24.6 Å². The molecule has 0 aromatic heterocycles. The fraction of sp³-hybridized carbons (Fsp3) is 0.381. The standard InChI is InChI=1S/C21H24N2O7S/c1-21(25,16-4-7-18-19(12-16)30-14-29-18)13-22-20(24)15-2-5-17(6-3-15)31(26,27)23-8-10-28-11-9-23/h2-7,12,25H,8-11,13-14H2,1H3,(H,22,24). The second kappa shape index (κ2) is 8.46. The normalized spacial score (nSPS) is 18.4. The highest BCUT2D eigenvalue weighted by Gasteiger charge is 2.28. The van der Waals surface area contributed by atoms with Gasteiger partial charge in [-0.2, -0.15) is 4.31 Å². The van der Waals surface area contributed by atoms with Crippen LogP contribution in [-0.4, -0.2) is 63.4 Å². The van der Waals surface area contributed by atoms with Crippen LogP contribution >= 0.6 is 0 Å². The lowest BCUT2D eigenvalue weighted by molar-refractivity contribution is 0.0525. The molecule has 0 bridgehead atoms. The smallest absolute Gasteiger partial charge is 0.251 e. The van der Waals surface area contributed by atoms with E-state index < -0.39 is 21.5 Å². The van der Waals surface area contributed by atoms with Crippen molar-refractivity contribution >= 4 is 15.9 Å². The second-order valence-electron chi connectivity index (χ2n) is 7.57. The molecule has 0 radical (unpaired) electrons. The van der Waals surface area contributed by atoms with Gasteiger partial charge in [-0.15, -0.1) is 0 Å². The molecule has 2 aliphatic heterocycles. The summed E-state index contributed by atoms with van der Waals surface area (Å²) >= 11 is 0. The van der Waals surface area contributed by atoms with E-state index in [0.29, 0.717) is 48.9 Å². The van der Waals surface area contributed by atoms with Crippen molar-refractivity contribution in [3.05, 3.63) is 53.6 Å². The van der Waals surface area contributed by atoms with Gasteiger partial charge in [-0.25, -0.2) is 8.42 Å². The number of nitrogens with one attached hydrogen (secondary N) is 1. The van der Waals surface area contributed by atoms with Crippen molar-refractivity contribution < 1.29 is 32.5 Å². The number of sulfonamides is 1. The van der Waals surface area contributed by atoms with Crippen LogP contribution in [0, 0.1) is 0 Å². The first-order valence-electron chi connectivity index (χ1n) is 9.86. The highest BCUT2D eigenvalue weighted by atomic mass is 32.2. The number of rotatable bonds is 6. The number of carbonyl (C=O) groups is 1. The van der Waals surface area contributed by atoms with E-state index in [1.165, 1.54) is 28.6 Å². The summed E-state index contributed by atoms with van der Waals surface area (Å²) in [5, 5.41) is 13.5. The number of fused-ring (bicyclic) bond motifs is 1. The molecular formula is C21H24N2O7S. The average Bonchev–Trinajstić information content (AvgIpc) is 3.26. The molecule has 4 rings (SSSR count). The molecule has 1 atom stereocenters. The Morgan fingerprint density at radius 3 is 2.48 bits per heavy atom. The van der Waals surface area contributed by atoms with Crippen molar-refractivity contribution in [1.82, 2.24) is 9.62 Å². The summed E-state index contributed by atoms with van der Waals surface area (Å²) in [6.45, 7) is 3.02. The molecule has 2 heterocycles. The zero-order valence-electron chi connectivity index (χ0n) is 17.0. The summed E-state index contributed by atoms with van der Waals surface area (Å²) in [5.74, 6) is 0.730. The first-order valence-corrected chi connectivity index (χ1v) is 11.3. The van der Waals surface area contributed by atoms with Gasteiger partial charge in [0.15, 0.2) is 11.5 Å². The molecule has 1 fully saturated rings. The van der Waals surface area contributed by atoms with E-state index in [9.17, 15) is 18.3 Å². The highest BCUT2D eigenvalue weighted by molar-refractivity contribution is 7.89. The zero-order valence-corrected chi connectivity index (χ0v) is 17.9. The van der Waals surface area contributed by atoms with Gasteiger partial charge in [0, 0.05) is 18.7 Å². The van der Waals surface area contributed by atoms with Crippen LogP contribution in [0.15, 0.2) is 47.4 Å². The van der Waals surface area contributed by atoms with Gasteiger partial charge in [0.25, 0.3) is 5.91 Å². The lowest BCUT2D eigenvalue weighted by atomic mass is 9.95. The summed E-state index contributed by atoms with van der Waals surface area (Å²) in [5.41, 5.74) is -0.470. The zero-order chi connectivity index (χ0) is 22.1. The lowest BCUT2D eigenvalue weighted by Gasteiger charge is -2.26. The topological polar surface area (TPSA) is 114 Å². The van der Waals surface area contributed by atoms with Crippen molar-refractivity contribution in [3.63, 3.8) is 0 Å². The quantitative estimate of drug-likeness (QED) is 0.680. The van der Waals surface area contributed by atoms with Gasteiger partial charge in [0.2, 0.25) is 16.8 Å². The molecule has 2 aromatic carbocycles. The van der Waals surface area contributed by atoms with E-state index in [0.717, 1.165) is 0 Å². The third kappa shape index (κ3) is 4.52. The fourth-order valence-corrected chi connectivity index (χ4v) is 4.81. The third-order valence-electron chi connectivity index (χ3n) is 5.31. The first-order chi connectivity index (χ1) is 14.8. The molecule has 10 heteroatoms. The number of aliphatic hydroxyl groups is 1. The Morgan fingerprint density at radius 1 is 1.10 bits per heavy atom. The minimum atomic E-state index is -3.62. The van der Waals surface area contributed by atoms with E-state index in [4.69, 9.17) is 14.2 Å². The molecule has 2 N–H and O–H groups in total. The molecule has 0 spiro atoms. The molecule has 1 saturated heterocycles. The Hall–Kier alpha value is -2.66. The second-order valence-corrected chi connectivity index (χ2v) is 9.50. The van der Waals surface area contributed by atoms with Crippen molar-refractivity contribution in [2.24, 2.45) is 0 Å². The van der Waals surface area contributed by atoms with Crippen LogP contribution in [0.4, 0.5) is 0 Å². The predicted molar refractivity (Wildman–Crippen MR) is 110 cm³/mol. The monoisotopic (exact) mass is 448 g/mol. The number of carbonyl (C=O) groups excluding carboxylic acids is 1. The van der Waals surface area contributed by atoms with Crippen LogP contribution in [0.1, 0.15) is 22.8 Å². The molecule has 1 amide bonds. The Bertz CT molecular complexity index is 1060. The van der Waals surface area contributed by atoms with E-state index in [2.05, 4.69) is 5.32 Å². The molecule has 2 aliphatic rings. The largest absolute Gasteiger partial charge is 0.454 e. The summed E-state index contributed by atoms with van der Waals surface area (Å²) < 4.78 is 42.5. The predicted octanol–water partition coefficient (Wildman–Crippen LogP) is 1.07. The number of benzene rings is 2. The maximum absolute atomic E-state index is 12.7. The molecule has 9 nitrogen and oxygen atoms in total. The first kappa shape index (κ1) is 21.6. The van der Waals surface area contributed by atoms with Crippen LogP contribution in [0.5, 0.6) is 11.5 Å². The minimum Gasteiger partial charge on any atom is -0.454 e. The van der Waals surface area contributed by atoms with Crippen molar-refractivity contribution in [1.29, 1.82) is 0 Å². The number of amides is 1. The summed E-state index contributed by atoms with van der Waals surface area (Å²) in [6, 6.07) is 10.8. The maximum atomic E-state index is 12.7. The molecule has 0 aliphatic carbocycles. The van der Waals surface area contributed by atoms with Gasteiger partial charge in [-0.1, -0.05) is 6.07 Å². The van der Waals surface area contributed by atoms with Crippen LogP contribution in [0.25, 0.3) is 0 Å². The van der Waals surface area contributed by atoms with Crippen LogP contribution in [-0.2, 0) is 20.4 Å². The van der Waals surface area contributed by atoms with Gasteiger partial charge in [0.1, 0.15) is 5.60 Å². The van der Waals surface area contributed by atoms with Gasteiger partial charge in [-0.3, -0.25) is 4.79 Å². The number of ether oxygens (including phenoxy) is 3. The van der Waals surface area contributed by atoms with Crippen molar-refractivity contribution in [3.8, 4) is 11.5 Å². The molecular weight excluding hydrogens is 424 g/mol. The Labute approximate surface area is 180 Å². The molecule has 2 aromatic rings. The minimum absolute atomic E-state index is 0.0424. The Kier molecular flexibility index (Phi) is 5.89. The SMILES string of the molecule is CC(O)(CNC(=O)c1ccc(S(=O)(=O)N2CCOCC2)cc1)c1ccc2c(c1)OCO2. The van der Waals surface area contributed by atoms with Crippen molar-refractivity contribution in [2.75, 3.05) is 39.6 Å². The Morgan fingerprint density at radius 2 is 1.77 bits per heavy atom. The van der Waals surface area contributed by atoms with E-state index >= 15 is 0 Å². The van der Waals surface area contributed by atoms with Crippen molar-refractivity contribution in [2.45, 2.75) is 17.4 Å². The highest BCUT2D eigenvalue weighted by Crippen LogP contribution is 2.35. The van der Waals surface area contributed by atoms with E-state index in [-0.39, 0.29) is 18.2 Å². The summed E-state index contributed by atoms with van der Waals surface area (Å²) in [6.07, 6.45) is 0. The van der Waals surface area contributed by atoms with Gasteiger partial charge in [-0.05, 0) is 48.9 Å². The van der Waals surface area contributed by atoms with Gasteiger partial charge >= 0.3 is 0 Å². The Balaban J connectivity index is 1.40. The number of hydrogen-bond acceptors (Lipinski definition) is 7. The number of morpholine rings is 1. The molecule has 1 unspecified atom stereocenters. The van der Waals surface area contributed by atoms with E-state index in [1.807, 2.05) is 0 Å². The lowest BCUT2D eigenvalue weighted by Crippen LogP contribution is -2.40. The van der Waals surface area contributed by atoms with Crippen LogP contribution in [0.3, 0.4) is 0 Å². The molecule has 166 valence electrons. The fourth-order valence-electron chi connectivity index (χ4n) is 3.40. The molecule has 31 heavy (non-hydrogen) atoms. The summed E-state index contributed by atoms with van der Waals surface area (Å²) in [4.78, 5) is 12.7. The maximum Gasteiger partial charge on any atom is 0.251 e. The number of hydrogen-bond donors (Lipinski definition) is 2. The summed E-state index contributed by atoms with van der Waals surface area (Å²) in [7, 11) is -3.62. The molecule has 0 saturated carbocycles. The van der Waals surface area contributed by atoms with Gasteiger partial charge in [0.05, 0.1) is 24.7 Å². The average molecular weight is 448 g/mol. The number of nitrogens with zero attached hydrogens (tertiary/aromatic N) is 1.